The van der Waals surface area contributed by atoms with Crippen LogP contribution in [0.2, 0.25) is 0 Å². The molecule has 4 rings (SSSR count). The van der Waals surface area contributed by atoms with E-state index >= 15 is 0 Å². The van der Waals surface area contributed by atoms with E-state index in [1.165, 1.54) is 23.5 Å². The van der Waals surface area contributed by atoms with Gasteiger partial charge in [0.05, 0.1) is 17.9 Å². The smallest absolute Gasteiger partial charge is 0.251 e. The number of benzene rings is 2. The number of piperidine rings is 1. The number of nitrogens with zero attached hydrogens (tertiary/aromatic N) is 1. The van der Waals surface area contributed by atoms with Crippen LogP contribution in [0.5, 0.6) is 5.75 Å². The van der Waals surface area contributed by atoms with E-state index in [0.717, 1.165) is 31.2 Å². The minimum absolute atomic E-state index is 0.131. The molecule has 0 unspecified atom stereocenters. The Morgan fingerprint density at radius 3 is 2.25 bits per heavy atom. The monoisotopic (exact) mass is 513 g/mol. The van der Waals surface area contributed by atoms with E-state index in [1.807, 2.05) is 25.1 Å². The van der Waals surface area contributed by atoms with Crippen molar-refractivity contribution in [1.82, 2.24) is 14.9 Å². The highest BCUT2D eigenvalue weighted by Crippen LogP contribution is 2.26. The molecule has 2 N–H and O–H groups in total. The van der Waals surface area contributed by atoms with Crippen LogP contribution in [0.1, 0.15) is 54.4 Å². The lowest BCUT2D eigenvalue weighted by atomic mass is 9.89. The van der Waals surface area contributed by atoms with Gasteiger partial charge in [-0.15, -0.1) is 0 Å². The Kier molecular flexibility index (Phi) is 8.31. The predicted octanol–water partition coefficient (Wildman–Crippen LogP) is 3.26. The fraction of sp³-hybridized carbons (Fsp3) is 0.481. The third-order valence-electron chi connectivity index (χ3n) is 7.25. The number of nitrogens with one attached hydrogen (secondary N) is 2. The molecule has 194 valence electrons. The van der Waals surface area contributed by atoms with Crippen molar-refractivity contribution in [2.45, 2.75) is 62.4 Å². The Morgan fingerprint density at radius 2 is 1.58 bits per heavy atom. The molecule has 9 heteroatoms. The Hall–Kier alpha value is -2.91. The summed E-state index contributed by atoms with van der Waals surface area (Å²) in [6.45, 7) is 2.44. The fourth-order valence-electron chi connectivity index (χ4n) is 5.12. The maximum Gasteiger partial charge on any atom is 0.251 e. The van der Waals surface area contributed by atoms with Gasteiger partial charge < -0.3 is 15.4 Å². The summed E-state index contributed by atoms with van der Waals surface area (Å²) in [6, 6.07) is 13.4. The summed E-state index contributed by atoms with van der Waals surface area (Å²) in [5.41, 5.74) is 1.55. The Morgan fingerprint density at radius 1 is 0.917 bits per heavy atom. The van der Waals surface area contributed by atoms with Crippen LogP contribution in [-0.4, -0.2) is 56.8 Å². The number of aryl methyl sites for hydroxylation is 1. The molecule has 1 aliphatic carbocycles. The number of carbonyl (C=O) groups excluding carboxylic acids is 2. The first-order valence-corrected chi connectivity index (χ1v) is 14.0. The molecule has 0 aromatic heterocycles. The molecule has 2 fully saturated rings. The molecule has 1 aliphatic heterocycles. The SMILES string of the molecule is COc1ccc(S(=O)(=O)N2CCC[C@@H](C(=O)N[C@@H]3CCCC[C@H]3NC(=O)c3ccccc3C)C2)cc1. The molecule has 2 amide bonds. The molecule has 0 radical (unpaired) electrons. The second kappa shape index (κ2) is 11.4. The van der Waals surface area contributed by atoms with E-state index in [0.29, 0.717) is 30.7 Å². The number of amides is 2. The van der Waals surface area contributed by atoms with Crippen LogP contribution >= 0.6 is 0 Å². The van der Waals surface area contributed by atoms with E-state index in [-0.39, 0.29) is 35.3 Å². The molecule has 2 aliphatic rings. The van der Waals surface area contributed by atoms with Crippen molar-refractivity contribution in [2.75, 3.05) is 20.2 Å². The van der Waals surface area contributed by atoms with Gasteiger partial charge in [-0.2, -0.15) is 4.31 Å². The van der Waals surface area contributed by atoms with Crippen molar-refractivity contribution in [1.29, 1.82) is 0 Å². The minimum atomic E-state index is -3.71. The van der Waals surface area contributed by atoms with E-state index < -0.39 is 15.9 Å². The molecule has 0 spiro atoms. The summed E-state index contributed by atoms with van der Waals surface area (Å²) >= 11 is 0. The summed E-state index contributed by atoms with van der Waals surface area (Å²) in [4.78, 5) is 26.3. The van der Waals surface area contributed by atoms with Gasteiger partial charge in [0.15, 0.2) is 0 Å². The Bertz CT molecular complexity index is 1180. The summed E-state index contributed by atoms with van der Waals surface area (Å²) < 4.78 is 32.9. The van der Waals surface area contributed by atoms with Crippen LogP contribution in [0.3, 0.4) is 0 Å². The molecule has 2 aromatic rings. The van der Waals surface area contributed by atoms with Crippen LogP contribution in [-0.2, 0) is 14.8 Å². The molecule has 2 aromatic carbocycles. The van der Waals surface area contributed by atoms with Crippen LogP contribution in [0.25, 0.3) is 0 Å². The van der Waals surface area contributed by atoms with Gasteiger partial charge in [-0.1, -0.05) is 31.0 Å². The normalized spacial score (nSPS) is 23.0. The average Bonchev–Trinajstić information content (AvgIpc) is 2.90. The molecule has 0 bridgehead atoms. The highest BCUT2D eigenvalue weighted by atomic mass is 32.2. The minimum Gasteiger partial charge on any atom is -0.497 e. The number of hydrogen-bond acceptors (Lipinski definition) is 5. The second-order valence-corrected chi connectivity index (χ2v) is 11.6. The van der Waals surface area contributed by atoms with Gasteiger partial charge in [0.1, 0.15) is 5.75 Å². The third-order valence-corrected chi connectivity index (χ3v) is 9.13. The average molecular weight is 514 g/mol. The molecule has 8 nitrogen and oxygen atoms in total. The van der Waals surface area contributed by atoms with Gasteiger partial charge in [0.25, 0.3) is 5.91 Å². The molecule has 36 heavy (non-hydrogen) atoms. The zero-order valence-electron chi connectivity index (χ0n) is 20.9. The lowest BCUT2D eigenvalue weighted by molar-refractivity contribution is -0.127. The second-order valence-electron chi connectivity index (χ2n) is 9.67. The van der Waals surface area contributed by atoms with Crippen LogP contribution in [0, 0.1) is 12.8 Å². The highest BCUT2D eigenvalue weighted by Gasteiger charge is 2.35. The summed E-state index contributed by atoms with van der Waals surface area (Å²) in [6.07, 6.45) is 4.79. The quantitative estimate of drug-likeness (QED) is 0.591. The number of sulfonamides is 1. The molecule has 1 heterocycles. The molecule has 1 saturated heterocycles. The zero-order chi connectivity index (χ0) is 25.7. The van der Waals surface area contributed by atoms with Crippen molar-refractivity contribution < 1.29 is 22.7 Å². The van der Waals surface area contributed by atoms with Gasteiger partial charge in [0.2, 0.25) is 15.9 Å². The fourth-order valence-corrected chi connectivity index (χ4v) is 6.65. The number of hydrogen-bond donors (Lipinski definition) is 2. The third kappa shape index (κ3) is 5.90. The number of carbonyl (C=O) groups is 2. The van der Waals surface area contributed by atoms with Crippen molar-refractivity contribution >= 4 is 21.8 Å². The van der Waals surface area contributed by atoms with E-state index in [1.54, 1.807) is 18.2 Å². The van der Waals surface area contributed by atoms with Gasteiger partial charge in [-0.25, -0.2) is 8.42 Å². The van der Waals surface area contributed by atoms with Crippen molar-refractivity contribution in [3.8, 4) is 5.75 Å². The van der Waals surface area contributed by atoms with Gasteiger partial charge in [-0.05, 0) is 68.5 Å². The van der Waals surface area contributed by atoms with Gasteiger partial charge in [0, 0.05) is 30.7 Å². The van der Waals surface area contributed by atoms with E-state index in [2.05, 4.69) is 10.6 Å². The molecular formula is C27H35N3O5S. The van der Waals surface area contributed by atoms with Crippen LogP contribution in [0.4, 0.5) is 0 Å². The maximum atomic E-state index is 13.3. The molecule has 3 atom stereocenters. The van der Waals surface area contributed by atoms with Gasteiger partial charge >= 0.3 is 0 Å². The number of rotatable bonds is 7. The summed E-state index contributed by atoms with van der Waals surface area (Å²) in [7, 11) is -2.18. The molecular weight excluding hydrogens is 478 g/mol. The zero-order valence-corrected chi connectivity index (χ0v) is 21.7. The largest absolute Gasteiger partial charge is 0.497 e. The first kappa shape index (κ1) is 26.2. The predicted molar refractivity (Wildman–Crippen MR) is 137 cm³/mol. The van der Waals surface area contributed by atoms with Crippen LogP contribution < -0.4 is 15.4 Å². The lowest BCUT2D eigenvalue weighted by Gasteiger charge is -2.36. The topological polar surface area (TPSA) is 105 Å². The number of methoxy groups -OCH3 is 1. The first-order valence-electron chi connectivity index (χ1n) is 12.6. The number of ether oxygens (including phenoxy) is 1. The Labute approximate surface area is 213 Å². The molecule has 1 saturated carbocycles. The lowest BCUT2D eigenvalue weighted by Crippen LogP contribution is -2.55. The summed E-state index contributed by atoms with van der Waals surface area (Å²) in [5.74, 6) is -0.122. The van der Waals surface area contributed by atoms with Crippen molar-refractivity contribution in [2.24, 2.45) is 5.92 Å². The maximum absolute atomic E-state index is 13.3. The van der Waals surface area contributed by atoms with Gasteiger partial charge in [-0.3, -0.25) is 9.59 Å². The van der Waals surface area contributed by atoms with Crippen molar-refractivity contribution in [3.63, 3.8) is 0 Å². The Balaban J connectivity index is 1.40. The van der Waals surface area contributed by atoms with E-state index in [9.17, 15) is 18.0 Å². The van der Waals surface area contributed by atoms with Crippen LogP contribution in [0.15, 0.2) is 53.4 Å². The standard InChI is InChI=1S/C27H35N3O5S/c1-19-8-3-4-10-23(19)27(32)29-25-12-6-5-11-24(25)28-26(31)20-9-7-17-30(18-20)36(33,34)22-15-13-21(35-2)14-16-22/h3-4,8,10,13-16,20,24-25H,5-7,9,11-12,17-18H2,1-2H3,(H,28,31)(H,29,32)/t20-,24-,25-/m1/s1. The van der Waals surface area contributed by atoms with E-state index in [4.69, 9.17) is 4.74 Å². The summed E-state index contributed by atoms with van der Waals surface area (Å²) in [5, 5.41) is 6.27. The first-order chi connectivity index (χ1) is 17.3. The highest BCUT2D eigenvalue weighted by molar-refractivity contribution is 7.89. The van der Waals surface area contributed by atoms with Crippen molar-refractivity contribution in [3.05, 3.63) is 59.7 Å².